The second-order valence-electron chi connectivity index (χ2n) is 4.35. The summed E-state index contributed by atoms with van der Waals surface area (Å²) < 4.78 is 5.10. The molecular weight excluding hydrogens is 308 g/mol. The van der Waals surface area contributed by atoms with Crippen molar-refractivity contribution in [3.8, 4) is 0 Å². The lowest BCUT2D eigenvalue weighted by Gasteiger charge is -2.08. The highest BCUT2D eigenvalue weighted by molar-refractivity contribution is 6.33. The number of hydrogen-bond donors (Lipinski definition) is 1. The minimum atomic E-state index is -0.490. The summed E-state index contributed by atoms with van der Waals surface area (Å²) >= 11 is 5.90. The number of benzene rings is 2. The molecule has 0 aliphatic rings. The molecule has 2 aromatic carbocycles. The second kappa shape index (κ2) is 7.42. The first-order chi connectivity index (χ1) is 10.6. The third kappa shape index (κ3) is 4.20. The van der Waals surface area contributed by atoms with E-state index in [1.54, 1.807) is 36.4 Å². The van der Waals surface area contributed by atoms with Gasteiger partial charge in [0, 0.05) is 24.4 Å². The van der Waals surface area contributed by atoms with Crippen molar-refractivity contribution in [1.29, 1.82) is 0 Å². The molecule has 2 aromatic rings. The van der Waals surface area contributed by atoms with Gasteiger partial charge in [0.05, 0.1) is 15.5 Å². The predicted octanol–water partition coefficient (Wildman–Crippen LogP) is 3.52. The van der Waals surface area contributed by atoms with Gasteiger partial charge < -0.3 is 10.1 Å². The zero-order valence-corrected chi connectivity index (χ0v) is 12.2. The fourth-order valence-corrected chi connectivity index (χ4v) is 1.96. The van der Waals surface area contributed by atoms with Crippen LogP contribution in [0, 0.1) is 10.1 Å². The molecule has 0 spiro atoms. The summed E-state index contributed by atoms with van der Waals surface area (Å²) in [6.07, 6.45) is 0. The molecule has 0 aliphatic heterocycles. The number of nitrogens with zero attached hydrogens (tertiary/aromatic N) is 1. The minimum absolute atomic E-state index is 0.0238. The van der Waals surface area contributed by atoms with Crippen molar-refractivity contribution in [3.05, 3.63) is 69.2 Å². The van der Waals surface area contributed by atoms with Gasteiger partial charge in [-0.3, -0.25) is 10.1 Å². The Kier molecular flexibility index (Phi) is 5.32. The minimum Gasteiger partial charge on any atom is -0.460 e. The molecule has 0 heterocycles. The van der Waals surface area contributed by atoms with E-state index < -0.39 is 10.9 Å². The summed E-state index contributed by atoms with van der Waals surface area (Å²) in [6.45, 7) is 0.537. The van der Waals surface area contributed by atoms with Crippen molar-refractivity contribution in [2.24, 2.45) is 0 Å². The molecule has 0 saturated carbocycles. The van der Waals surface area contributed by atoms with Gasteiger partial charge in [0.15, 0.2) is 0 Å². The van der Waals surface area contributed by atoms with Crippen LogP contribution < -0.4 is 5.32 Å². The maximum Gasteiger partial charge on any atom is 0.339 e. The summed E-state index contributed by atoms with van der Waals surface area (Å²) in [7, 11) is 0. The maximum atomic E-state index is 11.8. The molecule has 0 atom stereocenters. The lowest BCUT2D eigenvalue weighted by atomic mass is 10.2. The molecular formula is C15H13ClN2O4. The first-order valence-electron chi connectivity index (χ1n) is 6.48. The molecule has 0 amide bonds. The molecule has 0 aromatic heterocycles. The van der Waals surface area contributed by atoms with Crippen LogP contribution in [0.15, 0.2) is 48.5 Å². The Balaban J connectivity index is 1.78. The second-order valence-corrected chi connectivity index (χ2v) is 4.75. The number of rotatable bonds is 6. The lowest BCUT2D eigenvalue weighted by Crippen LogP contribution is -2.14. The van der Waals surface area contributed by atoms with Crippen LogP contribution in [-0.4, -0.2) is 24.0 Å². The van der Waals surface area contributed by atoms with Crippen LogP contribution in [0.4, 0.5) is 11.4 Å². The molecule has 2 rings (SSSR count). The third-order valence-electron chi connectivity index (χ3n) is 2.84. The number of anilines is 1. The number of non-ortho nitro benzene ring substituents is 1. The number of nitro groups is 1. The normalized spacial score (nSPS) is 10.0. The van der Waals surface area contributed by atoms with Gasteiger partial charge in [-0.05, 0) is 24.3 Å². The van der Waals surface area contributed by atoms with Gasteiger partial charge in [0.25, 0.3) is 5.69 Å². The van der Waals surface area contributed by atoms with Crippen molar-refractivity contribution >= 4 is 28.9 Å². The standard InChI is InChI=1S/C15H13ClN2O4/c16-14-4-2-1-3-13(14)15(19)22-10-9-17-11-5-7-12(8-6-11)18(20)21/h1-8,17H,9-10H2. The van der Waals surface area contributed by atoms with Crippen molar-refractivity contribution in [2.45, 2.75) is 0 Å². The van der Waals surface area contributed by atoms with E-state index >= 15 is 0 Å². The Morgan fingerprint density at radius 1 is 1.18 bits per heavy atom. The van der Waals surface area contributed by atoms with Crippen LogP contribution in [0.25, 0.3) is 0 Å². The first kappa shape index (κ1) is 15.8. The van der Waals surface area contributed by atoms with Gasteiger partial charge >= 0.3 is 5.97 Å². The summed E-state index contributed by atoms with van der Waals surface area (Å²) in [5.74, 6) is -0.490. The Hall–Kier alpha value is -2.60. The molecule has 114 valence electrons. The van der Waals surface area contributed by atoms with Gasteiger partial charge in [-0.2, -0.15) is 0 Å². The summed E-state index contributed by atoms with van der Waals surface area (Å²) in [5, 5.41) is 13.9. The van der Waals surface area contributed by atoms with E-state index in [1.165, 1.54) is 12.1 Å². The number of carbonyl (C=O) groups is 1. The van der Waals surface area contributed by atoms with E-state index in [2.05, 4.69) is 5.32 Å². The Bertz CT molecular complexity index is 673. The third-order valence-corrected chi connectivity index (χ3v) is 3.17. The lowest BCUT2D eigenvalue weighted by molar-refractivity contribution is -0.384. The van der Waals surface area contributed by atoms with Crippen LogP contribution in [0.5, 0.6) is 0 Å². The Morgan fingerprint density at radius 2 is 1.86 bits per heavy atom. The van der Waals surface area contributed by atoms with Crippen LogP contribution in [0.3, 0.4) is 0 Å². The average molecular weight is 321 g/mol. The number of nitrogens with one attached hydrogen (secondary N) is 1. The zero-order valence-electron chi connectivity index (χ0n) is 11.5. The zero-order chi connectivity index (χ0) is 15.9. The molecule has 0 aliphatic carbocycles. The number of carbonyl (C=O) groups excluding carboxylic acids is 1. The highest BCUT2D eigenvalue weighted by Crippen LogP contribution is 2.16. The van der Waals surface area contributed by atoms with E-state index in [9.17, 15) is 14.9 Å². The number of halogens is 1. The molecule has 1 N–H and O–H groups in total. The largest absolute Gasteiger partial charge is 0.460 e. The van der Waals surface area contributed by atoms with E-state index in [0.717, 1.165) is 0 Å². The van der Waals surface area contributed by atoms with Crippen LogP contribution in [0.2, 0.25) is 5.02 Å². The highest BCUT2D eigenvalue weighted by Gasteiger charge is 2.10. The van der Waals surface area contributed by atoms with Crippen LogP contribution in [0.1, 0.15) is 10.4 Å². The molecule has 0 fully saturated rings. The van der Waals surface area contributed by atoms with Gasteiger partial charge in [-0.1, -0.05) is 23.7 Å². The molecule has 22 heavy (non-hydrogen) atoms. The van der Waals surface area contributed by atoms with Gasteiger partial charge in [0.1, 0.15) is 6.61 Å². The summed E-state index contributed by atoms with van der Waals surface area (Å²) in [5.41, 5.74) is 1.05. The SMILES string of the molecule is O=C(OCCNc1ccc([N+](=O)[O-])cc1)c1ccccc1Cl. The summed E-state index contributed by atoms with van der Waals surface area (Å²) in [4.78, 5) is 21.9. The van der Waals surface area contributed by atoms with Gasteiger partial charge in [-0.25, -0.2) is 4.79 Å². The van der Waals surface area contributed by atoms with Crippen molar-refractivity contribution in [3.63, 3.8) is 0 Å². The van der Waals surface area contributed by atoms with Crippen molar-refractivity contribution in [2.75, 3.05) is 18.5 Å². The average Bonchev–Trinajstić information content (AvgIpc) is 2.52. The molecule has 0 bridgehead atoms. The van der Waals surface area contributed by atoms with E-state index in [-0.39, 0.29) is 12.3 Å². The number of nitro benzene ring substituents is 1. The first-order valence-corrected chi connectivity index (χ1v) is 6.85. The fraction of sp³-hybridized carbons (Fsp3) is 0.133. The predicted molar refractivity (Wildman–Crippen MR) is 83.3 cm³/mol. The molecule has 0 unspecified atom stereocenters. The van der Waals surface area contributed by atoms with Crippen molar-refractivity contribution in [1.82, 2.24) is 0 Å². The summed E-state index contributed by atoms with van der Waals surface area (Å²) in [6, 6.07) is 12.6. The number of ether oxygens (including phenoxy) is 1. The van der Waals surface area contributed by atoms with Gasteiger partial charge in [-0.15, -0.1) is 0 Å². The van der Waals surface area contributed by atoms with E-state index in [4.69, 9.17) is 16.3 Å². The topological polar surface area (TPSA) is 81.5 Å². The number of esters is 1. The molecule has 0 radical (unpaired) electrons. The van der Waals surface area contributed by atoms with E-state index in [0.29, 0.717) is 22.8 Å². The molecule has 6 nitrogen and oxygen atoms in total. The maximum absolute atomic E-state index is 11.8. The Labute approximate surface area is 131 Å². The van der Waals surface area contributed by atoms with Crippen molar-refractivity contribution < 1.29 is 14.5 Å². The van der Waals surface area contributed by atoms with Crippen LogP contribution in [-0.2, 0) is 4.74 Å². The Morgan fingerprint density at radius 3 is 2.50 bits per heavy atom. The number of hydrogen-bond acceptors (Lipinski definition) is 5. The van der Waals surface area contributed by atoms with E-state index in [1.807, 2.05) is 0 Å². The molecule has 7 heteroatoms. The smallest absolute Gasteiger partial charge is 0.339 e. The quantitative estimate of drug-likeness (QED) is 0.381. The fourth-order valence-electron chi connectivity index (χ4n) is 1.74. The highest BCUT2D eigenvalue weighted by atomic mass is 35.5. The van der Waals surface area contributed by atoms with Crippen LogP contribution >= 0.6 is 11.6 Å². The molecule has 0 saturated heterocycles. The van der Waals surface area contributed by atoms with Gasteiger partial charge in [0.2, 0.25) is 0 Å². The monoisotopic (exact) mass is 320 g/mol.